The second kappa shape index (κ2) is 5.00. The lowest BCUT2D eigenvalue weighted by Gasteiger charge is -2.20. The first-order chi connectivity index (χ1) is 9.95. The molecule has 0 amide bonds. The highest BCUT2D eigenvalue weighted by Gasteiger charge is 2.18. The van der Waals surface area contributed by atoms with Crippen LogP contribution in [-0.4, -0.2) is 4.98 Å². The minimum Gasteiger partial charge on any atom is -0.252 e. The van der Waals surface area contributed by atoms with Crippen molar-refractivity contribution in [2.75, 3.05) is 0 Å². The van der Waals surface area contributed by atoms with Crippen molar-refractivity contribution in [1.82, 2.24) is 4.98 Å². The third-order valence-corrected chi connectivity index (χ3v) is 3.83. The molecular formula is C20H21N. The summed E-state index contributed by atoms with van der Waals surface area (Å²) < 4.78 is 0. The van der Waals surface area contributed by atoms with Crippen LogP contribution in [0.5, 0.6) is 0 Å². The van der Waals surface area contributed by atoms with E-state index in [9.17, 15) is 0 Å². The van der Waals surface area contributed by atoms with Crippen LogP contribution in [0.1, 0.15) is 32.0 Å². The Kier molecular flexibility index (Phi) is 3.29. The summed E-state index contributed by atoms with van der Waals surface area (Å²) in [6.45, 7) is 8.75. The van der Waals surface area contributed by atoms with E-state index in [2.05, 4.69) is 82.3 Å². The summed E-state index contributed by atoms with van der Waals surface area (Å²) in [7, 11) is 0. The lowest BCUT2D eigenvalue weighted by molar-refractivity contribution is 0.571. The molecule has 1 nitrogen and oxygen atoms in total. The number of rotatable bonds is 1. The molecule has 0 saturated heterocycles. The van der Waals surface area contributed by atoms with Gasteiger partial charge in [-0.1, -0.05) is 74.9 Å². The van der Waals surface area contributed by atoms with E-state index in [1.54, 1.807) is 0 Å². The van der Waals surface area contributed by atoms with Crippen LogP contribution in [0.3, 0.4) is 0 Å². The molecular weight excluding hydrogens is 254 g/mol. The molecule has 0 atom stereocenters. The summed E-state index contributed by atoms with van der Waals surface area (Å²) >= 11 is 0. The molecule has 0 aliphatic carbocycles. The van der Waals surface area contributed by atoms with Gasteiger partial charge in [0.05, 0.1) is 5.69 Å². The highest BCUT2D eigenvalue weighted by atomic mass is 14.7. The average Bonchev–Trinajstić information content (AvgIpc) is 2.46. The van der Waals surface area contributed by atoms with Gasteiger partial charge in [0.1, 0.15) is 0 Å². The Morgan fingerprint density at radius 3 is 2.19 bits per heavy atom. The summed E-state index contributed by atoms with van der Waals surface area (Å²) in [6.07, 6.45) is 0. The molecule has 0 fully saturated rings. The zero-order chi connectivity index (χ0) is 15.0. The van der Waals surface area contributed by atoms with E-state index in [-0.39, 0.29) is 5.41 Å². The topological polar surface area (TPSA) is 12.9 Å². The van der Waals surface area contributed by atoms with Crippen LogP contribution in [0.15, 0.2) is 54.6 Å². The van der Waals surface area contributed by atoms with Gasteiger partial charge in [-0.05, 0) is 18.4 Å². The number of benzene rings is 2. The van der Waals surface area contributed by atoms with Crippen molar-refractivity contribution in [3.8, 4) is 11.3 Å². The van der Waals surface area contributed by atoms with Crippen LogP contribution in [-0.2, 0) is 5.41 Å². The van der Waals surface area contributed by atoms with E-state index in [0.29, 0.717) is 0 Å². The fraction of sp³-hybridized carbons (Fsp3) is 0.250. The predicted octanol–water partition coefficient (Wildman–Crippen LogP) is 5.51. The molecule has 0 bridgehead atoms. The van der Waals surface area contributed by atoms with Gasteiger partial charge < -0.3 is 0 Å². The van der Waals surface area contributed by atoms with Gasteiger partial charge in [-0.2, -0.15) is 0 Å². The number of pyridine rings is 1. The van der Waals surface area contributed by atoms with Gasteiger partial charge in [-0.15, -0.1) is 0 Å². The van der Waals surface area contributed by atoms with E-state index in [1.165, 1.54) is 21.9 Å². The van der Waals surface area contributed by atoms with Crippen molar-refractivity contribution in [3.63, 3.8) is 0 Å². The Hall–Kier alpha value is -2.15. The van der Waals surface area contributed by atoms with Crippen LogP contribution in [0, 0.1) is 6.92 Å². The van der Waals surface area contributed by atoms with Gasteiger partial charge in [-0.25, -0.2) is 0 Å². The fourth-order valence-electron chi connectivity index (χ4n) is 2.51. The lowest BCUT2D eigenvalue weighted by atomic mass is 9.89. The van der Waals surface area contributed by atoms with E-state index in [1.807, 2.05) is 0 Å². The number of hydrogen-bond acceptors (Lipinski definition) is 1. The third kappa shape index (κ3) is 2.69. The molecule has 3 aromatic rings. The van der Waals surface area contributed by atoms with Crippen LogP contribution < -0.4 is 0 Å². The number of hydrogen-bond donors (Lipinski definition) is 0. The molecule has 2 aromatic carbocycles. The zero-order valence-corrected chi connectivity index (χ0v) is 13.1. The Morgan fingerprint density at radius 1 is 0.857 bits per heavy atom. The normalized spacial score (nSPS) is 11.8. The quantitative estimate of drug-likeness (QED) is 0.571. The summed E-state index contributed by atoms with van der Waals surface area (Å²) in [5.74, 6) is 0. The highest BCUT2D eigenvalue weighted by molar-refractivity contribution is 5.95. The number of aromatic nitrogens is 1. The van der Waals surface area contributed by atoms with E-state index in [0.717, 1.165) is 11.4 Å². The summed E-state index contributed by atoms with van der Waals surface area (Å²) in [5.41, 5.74) is 4.72. The van der Waals surface area contributed by atoms with Crippen molar-refractivity contribution in [1.29, 1.82) is 0 Å². The second-order valence-corrected chi connectivity index (χ2v) is 6.69. The summed E-state index contributed by atoms with van der Waals surface area (Å²) in [5, 5.41) is 2.47. The average molecular weight is 275 g/mol. The van der Waals surface area contributed by atoms with E-state index in [4.69, 9.17) is 4.98 Å². The Labute approximate surface area is 126 Å². The minimum atomic E-state index is 0.0451. The van der Waals surface area contributed by atoms with Crippen LogP contribution in [0.25, 0.3) is 22.0 Å². The molecule has 0 aliphatic rings. The smallest absolute Gasteiger partial charge is 0.0783 e. The second-order valence-electron chi connectivity index (χ2n) is 6.69. The van der Waals surface area contributed by atoms with Gasteiger partial charge in [0, 0.05) is 22.1 Å². The van der Waals surface area contributed by atoms with Gasteiger partial charge in [0.15, 0.2) is 0 Å². The zero-order valence-electron chi connectivity index (χ0n) is 13.1. The first-order valence-corrected chi connectivity index (χ1v) is 7.42. The molecule has 0 N–H and O–H groups in total. The van der Waals surface area contributed by atoms with Crippen molar-refractivity contribution >= 4 is 10.8 Å². The Balaban J connectivity index is 2.31. The molecule has 0 unspecified atom stereocenters. The maximum atomic E-state index is 4.97. The monoisotopic (exact) mass is 275 g/mol. The van der Waals surface area contributed by atoms with Crippen molar-refractivity contribution in [2.45, 2.75) is 33.1 Å². The third-order valence-electron chi connectivity index (χ3n) is 3.83. The lowest BCUT2D eigenvalue weighted by Crippen LogP contribution is -2.14. The first-order valence-electron chi connectivity index (χ1n) is 7.42. The largest absolute Gasteiger partial charge is 0.252 e. The maximum Gasteiger partial charge on any atom is 0.0783 e. The molecule has 0 spiro atoms. The van der Waals surface area contributed by atoms with Gasteiger partial charge in [0.2, 0.25) is 0 Å². The Bertz CT molecular complexity index is 777. The molecule has 0 saturated carbocycles. The standard InChI is InChI=1S/C20H21N/c1-14-9-11-15(12-10-14)19-17-8-6-5-7-16(17)13-18(21-19)20(2,3)4/h5-13H,1-4H3. The predicted molar refractivity (Wildman–Crippen MR) is 90.6 cm³/mol. The molecule has 0 aliphatic heterocycles. The van der Waals surface area contributed by atoms with E-state index < -0.39 is 0 Å². The van der Waals surface area contributed by atoms with Gasteiger partial charge >= 0.3 is 0 Å². The molecule has 0 radical (unpaired) electrons. The van der Waals surface area contributed by atoms with Crippen LogP contribution in [0.4, 0.5) is 0 Å². The van der Waals surface area contributed by atoms with E-state index >= 15 is 0 Å². The van der Waals surface area contributed by atoms with Crippen LogP contribution >= 0.6 is 0 Å². The molecule has 1 heterocycles. The fourth-order valence-corrected chi connectivity index (χ4v) is 2.51. The molecule has 1 aromatic heterocycles. The summed E-state index contributed by atoms with van der Waals surface area (Å²) in [6, 6.07) is 19.3. The maximum absolute atomic E-state index is 4.97. The van der Waals surface area contributed by atoms with Gasteiger partial charge in [0.25, 0.3) is 0 Å². The SMILES string of the molecule is Cc1ccc(-c2nc(C(C)(C)C)cc3ccccc23)cc1. The van der Waals surface area contributed by atoms with Crippen molar-refractivity contribution in [3.05, 3.63) is 65.9 Å². The molecule has 3 rings (SSSR count). The number of aryl methyl sites for hydroxylation is 1. The molecule has 21 heavy (non-hydrogen) atoms. The molecule has 106 valence electrons. The van der Waals surface area contributed by atoms with Crippen LogP contribution in [0.2, 0.25) is 0 Å². The number of nitrogens with zero attached hydrogens (tertiary/aromatic N) is 1. The molecule has 1 heteroatoms. The first kappa shape index (κ1) is 13.8. The summed E-state index contributed by atoms with van der Waals surface area (Å²) in [4.78, 5) is 4.97. The van der Waals surface area contributed by atoms with Gasteiger partial charge in [-0.3, -0.25) is 4.98 Å². The number of fused-ring (bicyclic) bond motifs is 1. The minimum absolute atomic E-state index is 0.0451. The van der Waals surface area contributed by atoms with Crippen molar-refractivity contribution in [2.24, 2.45) is 0 Å². The van der Waals surface area contributed by atoms with Crippen molar-refractivity contribution < 1.29 is 0 Å². The Morgan fingerprint density at radius 2 is 1.52 bits per heavy atom. The highest BCUT2D eigenvalue weighted by Crippen LogP contribution is 2.31.